The second-order valence-corrected chi connectivity index (χ2v) is 8.09. The number of amides is 1. The molecule has 0 bridgehead atoms. The van der Waals surface area contributed by atoms with Crippen LogP contribution in [0.3, 0.4) is 0 Å². The number of aryl methyl sites for hydroxylation is 2. The zero-order valence-corrected chi connectivity index (χ0v) is 15.9. The second-order valence-electron chi connectivity index (χ2n) is 6.45. The fourth-order valence-corrected chi connectivity index (χ4v) is 4.12. The number of ether oxygens (including phenoxy) is 1. The molecule has 1 aliphatic rings. The maximum Gasteiger partial charge on any atom is 0.265 e. The summed E-state index contributed by atoms with van der Waals surface area (Å²) >= 11 is 7.35. The number of likely N-dealkylation sites (tertiary alicyclic amines) is 1. The summed E-state index contributed by atoms with van der Waals surface area (Å²) in [7, 11) is 0. The highest BCUT2D eigenvalue weighted by Gasteiger charge is 2.37. The summed E-state index contributed by atoms with van der Waals surface area (Å²) in [5, 5.41) is 12.3. The largest absolute Gasteiger partial charge is 0.490 e. The van der Waals surface area contributed by atoms with Gasteiger partial charge in [-0.15, -0.1) is 11.3 Å². The minimum absolute atomic E-state index is 0.0658. The van der Waals surface area contributed by atoms with E-state index in [1.165, 1.54) is 11.3 Å². The van der Waals surface area contributed by atoms with Crippen molar-refractivity contribution in [2.75, 3.05) is 19.7 Å². The third kappa shape index (κ3) is 4.32. The third-order valence-corrected chi connectivity index (χ3v) is 5.54. The van der Waals surface area contributed by atoms with Crippen molar-refractivity contribution in [3.05, 3.63) is 44.9 Å². The molecule has 1 aromatic heterocycles. The molecule has 0 saturated carbocycles. The molecule has 134 valence electrons. The van der Waals surface area contributed by atoms with Crippen molar-refractivity contribution in [2.45, 2.75) is 32.3 Å². The van der Waals surface area contributed by atoms with E-state index in [9.17, 15) is 9.90 Å². The first kappa shape index (κ1) is 18.2. The normalized spacial score (nSPS) is 20.6. The van der Waals surface area contributed by atoms with Gasteiger partial charge in [-0.25, -0.2) is 4.98 Å². The van der Waals surface area contributed by atoms with Crippen molar-refractivity contribution in [2.24, 2.45) is 0 Å². The van der Waals surface area contributed by atoms with Gasteiger partial charge in [-0.3, -0.25) is 4.79 Å². The molecular weight excluding hydrogens is 360 g/mol. The zero-order chi connectivity index (χ0) is 18.0. The van der Waals surface area contributed by atoms with Crippen molar-refractivity contribution in [3.8, 4) is 5.75 Å². The molecule has 0 radical (unpaired) electrons. The quantitative estimate of drug-likeness (QED) is 0.882. The van der Waals surface area contributed by atoms with E-state index in [2.05, 4.69) is 4.98 Å². The van der Waals surface area contributed by atoms with E-state index in [-0.39, 0.29) is 19.1 Å². The molecule has 1 N–H and O–H groups in total. The first-order chi connectivity index (χ1) is 11.9. The number of aromatic nitrogens is 1. The van der Waals surface area contributed by atoms with Gasteiger partial charge in [0.2, 0.25) is 0 Å². The Morgan fingerprint density at radius 1 is 1.48 bits per heavy atom. The van der Waals surface area contributed by atoms with E-state index in [0.717, 1.165) is 17.1 Å². The van der Waals surface area contributed by atoms with Crippen LogP contribution in [-0.2, 0) is 0 Å². The van der Waals surface area contributed by atoms with E-state index in [0.29, 0.717) is 28.6 Å². The summed E-state index contributed by atoms with van der Waals surface area (Å²) in [5.41, 5.74) is -0.319. The first-order valence-electron chi connectivity index (χ1n) is 8.20. The van der Waals surface area contributed by atoms with Crippen LogP contribution in [0.25, 0.3) is 0 Å². The molecule has 1 saturated heterocycles. The van der Waals surface area contributed by atoms with Crippen LogP contribution in [0, 0.1) is 13.8 Å². The van der Waals surface area contributed by atoms with Gasteiger partial charge >= 0.3 is 0 Å². The van der Waals surface area contributed by atoms with Crippen molar-refractivity contribution in [3.63, 3.8) is 0 Å². The fraction of sp³-hybridized carbons (Fsp3) is 0.444. The summed E-state index contributed by atoms with van der Waals surface area (Å²) in [6, 6.07) is 7.07. The highest BCUT2D eigenvalue weighted by molar-refractivity contribution is 7.13. The summed E-state index contributed by atoms with van der Waals surface area (Å²) in [5.74, 6) is 0.544. The molecular formula is C18H21ClN2O3S. The number of carbonyl (C=O) groups is 1. The van der Waals surface area contributed by atoms with Crippen molar-refractivity contribution >= 4 is 28.8 Å². The lowest BCUT2D eigenvalue weighted by Gasteiger charge is -2.38. The van der Waals surface area contributed by atoms with Crippen LogP contribution in [0.15, 0.2) is 24.3 Å². The maximum absolute atomic E-state index is 12.8. The third-order valence-electron chi connectivity index (χ3n) is 4.24. The Kier molecular flexibility index (Phi) is 5.32. The molecule has 5 nitrogen and oxygen atoms in total. The number of rotatable bonds is 4. The van der Waals surface area contributed by atoms with Crippen molar-refractivity contribution < 1.29 is 14.6 Å². The second kappa shape index (κ2) is 7.32. The Morgan fingerprint density at radius 2 is 2.28 bits per heavy atom. The number of nitrogens with zero attached hydrogens (tertiary/aromatic N) is 2. The maximum atomic E-state index is 12.8. The van der Waals surface area contributed by atoms with E-state index in [1.807, 2.05) is 13.8 Å². The number of hydrogen-bond donors (Lipinski definition) is 1. The van der Waals surface area contributed by atoms with Gasteiger partial charge in [0.1, 0.15) is 22.8 Å². The number of β-amino-alcohol motifs (C(OH)–C–C–N with tert-alkyl or cyclic N) is 1. The fourth-order valence-electron chi connectivity index (χ4n) is 3.05. The molecule has 1 fully saturated rings. The lowest BCUT2D eigenvalue weighted by molar-refractivity contribution is -0.0531. The summed E-state index contributed by atoms with van der Waals surface area (Å²) in [6.07, 6.45) is 1.33. The van der Waals surface area contributed by atoms with Crippen LogP contribution >= 0.6 is 22.9 Å². The van der Waals surface area contributed by atoms with Crippen LogP contribution in [0.4, 0.5) is 0 Å². The predicted molar refractivity (Wildman–Crippen MR) is 98.6 cm³/mol. The SMILES string of the molecule is Cc1nc(C)c(C(=O)N2CCCC(O)(COc3cccc(Cl)c3)C2)s1. The van der Waals surface area contributed by atoms with E-state index >= 15 is 0 Å². The number of benzene rings is 1. The minimum atomic E-state index is -1.07. The number of carbonyl (C=O) groups excluding carboxylic acids is 1. The Morgan fingerprint density at radius 3 is 2.96 bits per heavy atom. The zero-order valence-electron chi connectivity index (χ0n) is 14.3. The van der Waals surface area contributed by atoms with Crippen molar-refractivity contribution in [1.82, 2.24) is 9.88 Å². The van der Waals surface area contributed by atoms with Crippen LogP contribution in [0.1, 0.15) is 33.2 Å². The summed E-state index contributed by atoms with van der Waals surface area (Å²) in [6.45, 7) is 4.74. The lowest BCUT2D eigenvalue weighted by atomic mass is 9.93. The van der Waals surface area contributed by atoms with E-state index in [4.69, 9.17) is 16.3 Å². The Balaban J connectivity index is 1.67. The van der Waals surface area contributed by atoms with Gasteiger partial charge in [-0.1, -0.05) is 17.7 Å². The average molecular weight is 381 g/mol. The van der Waals surface area contributed by atoms with E-state index < -0.39 is 5.60 Å². The van der Waals surface area contributed by atoms with Crippen LogP contribution in [-0.4, -0.2) is 46.2 Å². The number of halogens is 1. The molecule has 1 aliphatic heterocycles. The molecule has 25 heavy (non-hydrogen) atoms. The number of piperidine rings is 1. The van der Waals surface area contributed by atoms with Crippen LogP contribution in [0.2, 0.25) is 5.02 Å². The molecule has 2 aromatic rings. The highest BCUT2D eigenvalue weighted by Crippen LogP contribution is 2.27. The lowest BCUT2D eigenvalue weighted by Crippen LogP contribution is -2.53. The molecule has 7 heteroatoms. The topological polar surface area (TPSA) is 62.7 Å². The van der Waals surface area contributed by atoms with Gasteiger partial charge in [-0.05, 0) is 44.9 Å². The van der Waals surface area contributed by atoms with Gasteiger partial charge < -0.3 is 14.7 Å². The smallest absolute Gasteiger partial charge is 0.265 e. The van der Waals surface area contributed by atoms with Gasteiger partial charge in [0.25, 0.3) is 5.91 Å². The molecule has 0 spiro atoms. The Hall–Kier alpha value is -1.63. The highest BCUT2D eigenvalue weighted by atomic mass is 35.5. The number of thiazole rings is 1. The molecule has 2 heterocycles. The molecule has 0 aliphatic carbocycles. The molecule has 3 rings (SSSR count). The summed E-state index contributed by atoms with van der Waals surface area (Å²) in [4.78, 5) is 19.4. The van der Waals surface area contributed by atoms with Crippen LogP contribution in [0.5, 0.6) is 5.75 Å². The predicted octanol–water partition coefficient (Wildman–Crippen LogP) is 3.46. The van der Waals surface area contributed by atoms with Crippen LogP contribution < -0.4 is 4.74 Å². The van der Waals surface area contributed by atoms with E-state index in [1.54, 1.807) is 29.2 Å². The average Bonchev–Trinajstić information content (AvgIpc) is 2.91. The monoisotopic (exact) mass is 380 g/mol. The Bertz CT molecular complexity index is 779. The molecule has 1 amide bonds. The number of aliphatic hydroxyl groups is 1. The minimum Gasteiger partial charge on any atom is -0.490 e. The molecule has 1 atom stereocenters. The van der Waals surface area contributed by atoms with Gasteiger partial charge in [0.05, 0.1) is 17.2 Å². The number of hydrogen-bond acceptors (Lipinski definition) is 5. The first-order valence-corrected chi connectivity index (χ1v) is 9.40. The van der Waals surface area contributed by atoms with Gasteiger partial charge in [0.15, 0.2) is 0 Å². The molecule has 1 aromatic carbocycles. The summed E-state index contributed by atoms with van der Waals surface area (Å²) < 4.78 is 5.71. The standard InChI is InChI=1S/C18H21ClN2O3S/c1-12-16(25-13(2)20-12)17(22)21-8-4-7-18(23,10-21)11-24-15-6-3-5-14(19)9-15/h3,5-6,9,23H,4,7-8,10-11H2,1-2H3. The Labute approximate surface area is 156 Å². The van der Waals surface area contributed by atoms with Crippen molar-refractivity contribution in [1.29, 1.82) is 0 Å². The molecule has 1 unspecified atom stereocenters. The van der Waals surface area contributed by atoms with Gasteiger partial charge in [0, 0.05) is 11.6 Å². The van der Waals surface area contributed by atoms with Gasteiger partial charge in [-0.2, -0.15) is 0 Å².